The van der Waals surface area contributed by atoms with Crippen LogP contribution in [0.3, 0.4) is 0 Å². The lowest BCUT2D eigenvalue weighted by atomic mass is 9.99. The van der Waals surface area contributed by atoms with Crippen LogP contribution in [-0.4, -0.2) is 70.9 Å². The number of carbonyl (C=O) groups excluding carboxylic acids is 1. The third-order valence-electron chi connectivity index (χ3n) is 7.82. The fourth-order valence-electron chi connectivity index (χ4n) is 5.60. The first-order valence-electron chi connectivity index (χ1n) is 13.6. The van der Waals surface area contributed by atoms with Gasteiger partial charge in [-0.25, -0.2) is 4.39 Å². The summed E-state index contributed by atoms with van der Waals surface area (Å²) in [6.07, 6.45) is -7.25. The van der Waals surface area contributed by atoms with Gasteiger partial charge >= 0.3 is 12.4 Å². The quantitative estimate of drug-likeness (QED) is 0.344. The molecular weight excluding hydrogens is 565 g/mol. The Morgan fingerprint density at radius 3 is 2.19 bits per heavy atom. The Labute approximate surface area is 238 Å². The second-order valence-corrected chi connectivity index (χ2v) is 10.7. The van der Waals surface area contributed by atoms with Crippen LogP contribution in [0.4, 0.5) is 30.7 Å². The summed E-state index contributed by atoms with van der Waals surface area (Å²) in [6.45, 7) is 3.90. The zero-order valence-corrected chi connectivity index (χ0v) is 22.6. The average Bonchev–Trinajstić information content (AvgIpc) is 2.96. The lowest BCUT2D eigenvalue weighted by Crippen LogP contribution is -2.57. The van der Waals surface area contributed by atoms with E-state index in [9.17, 15) is 35.5 Å². The topological polar surface area (TPSA) is 39.7 Å². The number of rotatable bonds is 6. The molecule has 5 nitrogen and oxygen atoms in total. The van der Waals surface area contributed by atoms with Gasteiger partial charge in [0.05, 0.1) is 11.1 Å². The SMILES string of the molecule is O=C(c1cc(C(F)(F)F)cc(C(F)(F)F)c1)N1CCN(CCN2CCc3ncccc3C2)C[C@H]1Cc1ccc(F)cc1. The monoisotopic (exact) mass is 594 g/mol. The highest BCUT2D eigenvalue weighted by atomic mass is 19.4. The number of hydrogen-bond acceptors (Lipinski definition) is 4. The smallest absolute Gasteiger partial charge is 0.333 e. The van der Waals surface area contributed by atoms with Gasteiger partial charge in [0, 0.05) is 75.7 Å². The molecule has 0 bridgehead atoms. The van der Waals surface area contributed by atoms with Crippen LogP contribution in [0.1, 0.15) is 38.3 Å². The van der Waals surface area contributed by atoms with Gasteiger partial charge in [-0.3, -0.25) is 19.6 Å². The molecule has 0 N–H and O–H groups in total. The molecule has 5 rings (SSSR count). The van der Waals surface area contributed by atoms with Gasteiger partial charge in [-0.1, -0.05) is 18.2 Å². The minimum atomic E-state index is -5.06. The number of alkyl halides is 6. The summed E-state index contributed by atoms with van der Waals surface area (Å²) in [4.78, 5) is 23.8. The molecule has 3 aromatic rings. The van der Waals surface area contributed by atoms with E-state index in [-0.39, 0.29) is 19.0 Å². The average molecular weight is 595 g/mol. The van der Waals surface area contributed by atoms with Gasteiger partial charge in [0.15, 0.2) is 0 Å². The van der Waals surface area contributed by atoms with Gasteiger partial charge in [-0.05, 0) is 53.9 Å². The number of pyridine rings is 1. The van der Waals surface area contributed by atoms with Gasteiger partial charge in [0.2, 0.25) is 0 Å². The fourth-order valence-corrected chi connectivity index (χ4v) is 5.60. The van der Waals surface area contributed by atoms with Crippen LogP contribution < -0.4 is 0 Å². The molecule has 2 aliphatic heterocycles. The van der Waals surface area contributed by atoms with E-state index >= 15 is 0 Å². The van der Waals surface area contributed by atoms with E-state index in [0.717, 1.165) is 31.7 Å². The molecule has 1 aromatic heterocycles. The Kier molecular flexibility index (Phi) is 8.56. The number of aromatic nitrogens is 1. The summed E-state index contributed by atoms with van der Waals surface area (Å²) in [6, 6.07) is 10.0. The predicted molar refractivity (Wildman–Crippen MR) is 141 cm³/mol. The van der Waals surface area contributed by atoms with E-state index in [1.54, 1.807) is 18.3 Å². The van der Waals surface area contributed by atoms with Crippen molar-refractivity contribution in [2.24, 2.45) is 0 Å². The molecule has 3 heterocycles. The Morgan fingerprint density at radius 1 is 0.857 bits per heavy atom. The molecule has 0 spiro atoms. The van der Waals surface area contributed by atoms with Crippen molar-refractivity contribution in [3.05, 3.63) is 100 Å². The molecule has 2 aromatic carbocycles. The molecular formula is C30H29F7N4O. The number of benzene rings is 2. The summed E-state index contributed by atoms with van der Waals surface area (Å²) in [7, 11) is 0. The molecule has 42 heavy (non-hydrogen) atoms. The molecule has 1 fully saturated rings. The van der Waals surface area contributed by atoms with E-state index in [4.69, 9.17) is 0 Å². The molecule has 0 aliphatic carbocycles. The van der Waals surface area contributed by atoms with Gasteiger partial charge in [0.1, 0.15) is 5.82 Å². The highest BCUT2D eigenvalue weighted by molar-refractivity contribution is 5.95. The molecule has 1 saturated heterocycles. The Hall–Kier alpha value is -3.51. The van der Waals surface area contributed by atoms with Crippen molar-refractivity contribution in [1.82, 2.24) is 19.7 Å². The molecule has 2 aliphatic rings. The maximum atomic E-state index is 13.5. The summed E-state index contributed by atoms with van der Waals surface area (Å²) in [5.74, 6) is -1.35. The normalized spacial score (nSPS) is 18.6. The van der Waals surface area contributed by atoms with E-state index in [2.05, 4.69) is 20.9 Å². The number of nitrogens with zero attached hydrogens (tertiary/aromatic N) is 4. The minimum Gasteiger partial charge on any atom is -0.333 e. The summed E-state index contributed by atoms with van der Waals surface area (Å²) >= 11 is 0. The van der Waals surface area contributed by atoms with Crippen LogP contribution >= 0.6 is 0 Å². The van der Waals surface area contributed by atoms with Crippen LogP contribution in [0.15, 0.2) is 60.8 Å². The number of carbonyl (C=O) groups is 1. The van der Waals surface area contributed by atoms with Gasteiger partial charge in [-0.15, -0.1) is 0 Å². The largest absolute Gasteiger partial charge is 0.416 e. The van der Waals surface area contributed by atoms with Crippen molar-refractivity contribution in [2.45, 2.75) is 37.8 Å². The first kappa shape index (κ1) is 30.0. The molecule has 0 unspecified atom stereocenters. The van der Waals surface area contributed by atoms with Gasteiger partial charge in [0.25, 0.3) is 5.91 Å². The fraction of sp³-hybridized carbons (Fsp3) is 0.400. The van der Waals surface area contributed by atoms with Crippen molar-refractivity contribution in [1.29, 1.82) is 0 Å². The third kappa shape index (κ3) is 7.09. The van der Waals surface area contributed by atoms with E-state index in [1.807, 2.05) is 6.07 Å². The van der Waals surface area contributed by atoms with Crippen molar-refractivity contribution < 1.29 is 35.5 Å². The van der Waals surface area contributed by atoms with E-state index in [0.29, 0.717) is 37.3 Å². The van der Waals surface area contributed by atoms with E-state index in [1.165, 1.54) is 22.6 Å². The first-order valence-corrected chi connectivity index (χ1v) is 13.6. The van der Waals surface area contributed by atoms with Crippen molar-refractivity contribution in [3.63, 3.8) is 0 Å². The zero-order chi connectivity index (χ0) is 30.1. The lowest BCUT2D eigenvalue weighted by molar-refractivity contribution is -0.143. The maximum Gasteiger partial charge on any atom is 0.416 e. The van der Waals surface area contributed by atoms with Crippen molar-refractivity contribution in [2.75, 3.05) is 39.3 Å². The zero-order valence-electron chi connectivity index (χ0n) is 22.6. The number of amides is 1. The Morgan fingerprint density at radius 2 is 1.52 bits per heavy atom. The number of hydrogen-bond donors (Lipinski definition) is 0. The van der Waals surface area contributed by atoms with Gasteiger partial charge < -0.3 is 4.90 Å². The number of fused-ring (bicyclic) bond motifs is 1. The van der Waals surface area contributed by atoms with Crippen LogP contribution in [0.25, 0.3) is 0 Å². The second kappa shape index (κ2) is 12.0. The second-order valence-electron chi connectivity index (χ2n) is 10.7. The minimum absolute atomic E-state index is 0.0137. The van der Waals surface area contributed by atoms with Crippen LogP contribution in [-0.2, 0) is 31.7 Å². The van der Waals surface area contributed by atoms with Crippen molar-refractivity contribution >= 4 is 5.91 Å². The predicted octanol–water partition coefficient (Wildman–Crippen LogP) is 5.69. The molecule has 1 amide bonds. The first-order chi connectivity index (χ1) is 19.9. The van der Waals surface area contributed by atoms with E-state index < -0.39 is 46.8 Å². The Bertz CT molecular complexity index is 1380. The van der Waals surface area contributed by atoms with Crippen LogP contribution in [0.2, 0.25) is 0 Å². The molecule has 224 valence electrons. The highest BCUT2D eigenvalue weighted by Gasteiger charge is 2.39. The molecule has 0 radical (unpaired) electrons. The maximum absolute atomic E-state index is 13.5. The Balaban J connectivity index is 1.35. The van der Waals surface area contributed by atoms with Crippen LogP contribution in [0.5, 0.6) is 0 Å². The summed E-state index contributed by atoms with van der Waals surface area (Å²) < 4.78 is 94.4. The summed E-state index contributed by atoms with van der Waals surface area (Å²) in [5.41, 5.74) is -0.784. The third-order valence-corrected chi connectivity index (χ3v) is 7.82. The highest BCUT2D eigenvalue weighted by Crippen LogP contribution is 2.37. The molecule has 12 heteroatoms. The summed E-state index contributed by atoms with van der Waals surface area (Å²) in [5, 5.41) is 0. The number of piperazine rings is 1. The van der Waals surface area contributed by atoms with Crippen LogP contribution in [0, 0.1) is 5.82 Å². The van der Waals surface area contributed by atoms with Crippen molar-refractivity contribution in [3.8, 4) is 0 Å². The lowest BCUT2D eigenvalue weighted by Gasteiger charge is -2.42. The standard InChI is InChI=1S/C30H29F7N4O/c31-25-5-3-20(4-6-25)14-26-19-40(11-10-39-9-7-27-21(18-39)2-1-8-38-27)12-13-41(26)28(42)22-15-23(29(32,33)34)17-24(16-22)30(35,36)37/h1-6,8,15-17,26H,7,9-14,18-19H2/t26-/m1/s1. The molecule has 0 saturated carbocycles. The number of halogens is 7. The molecule has 1 atom stereocenters. The van der Waals surface area contributed by atoms with Gasteiger partial charge in [-0.2, -0.15) is 26.3 Å².